The molecule has 0 N–H and O–H groups in total. The number of carbonyl (C=O) groups is 1. The Morgan fingerprint density at radius 3 is 2.65 bits per heavy atom. The highest BCUT2D eigenvalue weighted by atomic mass is 16.5. The Bertz CT molecular complexity index is 785. The van der Waals surface area contributed by atoms with Crippen LogP contribution in [-0.4, -0.2) is 12.9 Å². The van der Waals surface area contributed by atoms with E-state index in [4.69, 9.17) is 4.74 Å². The van der Waals surface area contributed by atoms with Gasteiger partial charge in [0, 0.05) is 10.8 Å². The summed E-state index contributed by atoms with van der Waals surface area (Å²) in [5.74, 6) is 5.23. The van der Waals surface area contributed by atoms with Crippen molar-refractivity contribution in [2.45, 2.75) is 64.2 Å². The minimum Gasteiger partial charge on any atom is -0.497 e. The molecule has 0 aromatic heterocycles. The quantitative estimate of drug-likeness (QED) is 0.700. The number of methoxy groups -OCH3 is 1. The van der Waals surface area contributed by atoms with Gasteiger partial charge in [0.05, 0.1) is 7.11 Å². The number of carbonyl (C=O) groups excluding carboxylic acids is 1. The number of benzene rings is 1. The lowest BCUT2D eigenvalue weighted by atomic mass is 9.55. The van der Waals surface area contributed by atoms with Gasteiger partial charge in [-0.15, -0.1) is 0 Å². The van der Waals surface area contributed by atoms with E-state index in [1.807, 2.05) is 0 Å². The number of hydrogen-bond acceptors (Lipinski definition) is 2. The summed E-state index contributed by atoms with van der Waals surface area (Å²) in [5.41, 5.74) is 3.17. The van der Waals surface area contributed by atoms with Gasteiger partial charge in [0.25, 0.3) is 0 Å². The minimum atomic E-state index is -0.0184. The zero-order valence-electron chi connectivity index (χ0n) is 16.1. The van der Waals surface area contributed by atoms with Crippen molar-refractivity contribution in [3.63, 3.8) is 0 Å². The zero-order valence-corrected chi connectivity index (χ0v) is 16.1. The Morgan fingerprint density at radius 1 is 1.08 bits per heavy atom. The van der Waals surface area contributed by atoms with Gasteiger partial charge in [-0.1, -0.05) is 19.4 Å². The van der Waals surface area contributed by atoms with Crippen LogP contribution in [0.1, 0.15) is 68.9 Å². The number of ether oxygens (including phenoxy) is 1. The summed E-state index contributed by atoms with van der Waals surface area (Å²) in [6, 6.07) is 6.72. The van der Waals surface area contributed by atoms with Crippen LogP contribution in [0.5, 0.6) is 5.75 Å². The molecule has 5 aliphatic carbocycles. The van der Waals surface area contributed by atoms with E-state index in [2.05, 4.69) is 25.1 Å². The van der Waals surface area contributed by atoms with Crippen LogP contribution in [-0.2, 0) is 11.2 Å². The first kappa shape index (κ1) is 15.7. The molecular formula is C24H30O2. The molecule has 0 saturated heterocycles. The molecule has 26 heavy (non-hydrogen) atoms. The number of Topliss-reactive ketones (excluding diaryl/α,β-unsaturated/α-hetero) is 1. The van der Waals surface area contributed by atoms with E-state index >= 15 is 0 Å². The smallest absolute Gasteiger partial charge is 0.145 e. The van der Waals surface area contributed by atoms with Crippen molar-refractivity contribution < 1.29 is 9.53 Å². The molecule has 1 aromatic rings. The molecule has 0 amide bonds. The maximum Gasteiger partial charge on any atom is 0.145 e. The summed E-state index contributed by atoms with van der Waals surface area (Å²) in [6.07, 6.45) is 10.00. The van der Waals surface area contributed by atoms with Crippen LogP contribution in [0, 0.1) is 34.5 Å². The number of hydrogen-bond donors (Lipinski definition) is 0. The molecule has 2 unspecified atom stereocenters. The maximum atomic E-state index is 13.6. The summed E-state index contributed by atoms with van der Waals surface area (Å²) in [5, 5.41) is 0. The van der Waals surface area contributed by atoms with Gasteiger partial charge in [-0.2, -0.15) is 0 Å². The predicted molar refractivity (Wildman–Crippen MR) is 101 cm³/mol. The molecule has 4 fully saturated rings. The Morgan fingerprint density at radius 2 is 1.88 bits per heavy atom. The monoisotopic (exact) mass is 350 g/mol. The predicted octanol–water partition coefficient (Wildman–Crippen LogP) is 5.15. The molecule has 5 aliphatic rings. The van der Waals surface area contributed by atoms with Crippen molar-refractivity contribution in [3.8, 4) is 5.75 Å². The second-order valence-electron chi connectivity index (χ2n) is 10.2. The third-order valence-electron chi connectivity index (χ3n) is 9.55. The highest BCUT2D eigenvalue weighted by molar-refractivity contribution is 5.96. The van der Waals surface area contributed by atoms with Crippen molar-refractivity contribution >= 4 is 5.78 Å². The lowest BCUT2D eigenvalue weighted by Crippen LogP contribution is -2.42. The summed E-state index contributed by atoms with van der Waals surface area (Å²) in [7, 11) is 1.76. The molecule has 1 aromatic carbocycles. The molecule has 0 heterocycles. The average Bonchev–Trinajstić information content (AvgIpc) is 2.96. The van der Waals surface area contributed by atoms with Gasteiger partial charge in [-0.05, 0) is 97.8 Å². The second-order valence-corrected chi connectivity index (χ2v) is 10.2. The van der Waals surface area contributed by atoms with Crippen molar-refractivity contribution in [1.82, 2.24) is 0 Å². The highest BCUT2D eigenvalue weighted by Crippen LogP contribution is 2.78. The van der Waals surface area contributed by atoms with Crippen molar-refractivity contribution in [2.75, 3.05) is 7.11 Å². The second kappa shape index (κ2) is 4.94. The lowest BCUT2D eigenvalue weighted by molar-refractivity contribution is -0.133. The largest absolute Gasteiger partial charge is 0.497 e. The third-order valence-corrected chi connectivity index (χ3v) is 9.55. The van der Waals surface area contributed by atoms with Crippen molar-refractivity contribution in [3.05, 3.63) is 29.3 Å². The van der Waals surface area contributed by atoms with Crippen molar-refractivity contribution in [2.24, 2.45) is 34.5 Å². The fraction of sp³-hybridized carbons (Fsp3) is 0.708. The van der Waals surface area contributed by atoms with Crippen LogP contribution < -0.4 is 4.74 Å². The molecule has 6 rings (SSSR count). The standard InChI is InChI=1S/C24H30O2/c1-23-11-10-17-16-9-7-15(26-2)12-14(16)6-8-18(17)21(23)13-24(22(23)25)19-4-3-5-20(19)24/h7,9,12,17-21H,3-6,8,10-11,13H2,1-2H3/t17-,18-,19?,20?,21+,23+,24?/m1/s1. The van der Waals surface area contributed by atoms with Crippen molar-refractivity contribution in [1.29, 1.82) is 0 Å². The van der Waals surface area contributed by atoms with E-state index in [0.29, 0.717) is 17.6 Å². The van der Waals surface area contributed by atoms with Crippen LogP contribution in [0.3, 0.4) is 0 Å². The molecule has 6 atom stereocenters. The first-order chi connectivity index (χ1) is 12.6. The zero-order chi connectivity index (χ0) is 17.7. The normalized spacial score (nSPS) is 47.9. The van der Waals surface area contributed by atoms with Gasteiger partial charge < -0.3 is 4.74 Å². The topological polar surface area (TPSA) is 26.3 Å². The molecule has 2 heteroatoms. The fourth-order valence-electron chi connectivity index (χ4n) is 8.37. The Hall–Kier alpha value is -1.31. The van der Waals surface area contributed by atoms with E-state index < -0.39 is 0 Å². The number of rotatable bonds is 1. The van der Waals surface area contributed by atoms with Crippen LogP contribution in [0.4, 0.5) is 0 Å². The first-order valence-electron chi connectivity index (χ1n) is 10.8. The first-order valence-corrected chi connectivity index (χ1v) is 10.8. The molecule has 2 nitrogen and oxygen atoms in total. The van der Waals surface area contributed by atoms with Gasteiger partial charge in [0.2, 0.25) is 0 Å². The highest BCUT2D eigenvalue weighted by Gasteiger charge is 2.78. The summed E-state index contributed by atoms with van der Waals surface area (Å²) < 4.78 is 5.45. The minimum absolute atomic E-state index is 0.0184. The summed E-state index contributed by atoms with van der Waals surface area (Å²) in [4.78, 5) is 13.6. The van der Waals surface area contributed by atoms with E-state index in [1.165, 1.54) is 44.1 Å². The van der Waals surface area contributed by atoms with E-state index in [1.54, 1.807) is 12.7 Å². The molecular weight excluding hydrogens is 320 g/mol. The van der Waals surface area contributed by atoms with Gasteiger partial charge in [0.15, 0.2) is 0 Å². The van der Waals surface area contributed by atoms with Gasteiger partial charge in [-0.3, -0.25) is 4.79 Å². The van der Waals surface area contributed by atoms with Crippen LogP contribution >= 0.6 is 0 Å². The van der Waals surface area contributed by atoms with E-state index in [9.17, 15) is 4.79 Å². The molecule has 0 bridgehead atoms. The number of ketones is 1. The van der Waals surface area contributed by atoms with Gasteiger partial charge >= 0.3 is 0 Å². The van der Waals surface area contributed by atoms with Crippen LogP contribution in [0.25, 0.3) is 0 Å². The number of fused-ring (bicyclic) bond motifs is 8. The maximum absolute atomic E-state index is 13.6. The van der Waals surface area contributed by atoms with Crippen LogP contribution in [0.15, 0.2) is 18.2 Å². The van der Waals surface area contributed by atoms with E-state index in [0.717, 1.165) is 36.3 Å². The van der Waals surface area contributed by atoms with Gasteiger partial charge in [0.1, 0.15) is 11.5 Å². The summed E-state index contributed by atoms with van der Waals surface area (Å²) in [6.45, 7) is 2.35. The molecule has 4 saturated carbocycles. The fourth-order valence-corrected chi connectivity index (χ4v) is 8.37. The van der Waals surface area contributed by atoms with Gasteiger partial charge in [-0.25, -0.2) is 0 Å². The Balaban J connectivity index is 1.36. The SMILES string of the molecule is COc1ccc2c(c1)CC[C@@H]1[C@@H]2CC[C@]2(C)C(=O)C3(C[C@@H]12)C1CCCC13. The number of aryl methyl sites for hydroxylation is 1. The molecule has 138 valence electrons. The Kier molecular flexibility index (Phi) is 2.99. The van der Waals surface area contributed by atoms with Crippen LogP contribution in [0.2, 0.25) is 0 Å². The molecule has 0 aliphatic heterocycles. The third kappa shape index (κ3) is 1.68. The average molecular weight is 351 g/mol. The molecule has 1 spiro atoms. The lowest BCUT2D eigenvalue weighted by Gasteiger charge is -2.48. The molecule has 0 radical (unpaired) electrons. The summed E-state index contributed by atoms with van der Waals surface area (Å²) >= 11 is 0. The Labute approximate surface area is 156 Å². The van der Waals surface area contributed by atoms with E-state index in [-0.39, 0.29) is 10.8 Å².